The zero-order chi connectivity index (χ0) is 14.5. The molecule has 2 N–H and O–H groups in total. The minimum absolute atomic E-state index is 0.0866. The van der Waals surface area contributed by atoms with Crippen LogP contribution in [0.1, 0.15) is 31.2 Å². The minimum Gasteiger partial charge on any atom is -0.356 e. The van der Waals surface area contributed by atoms with Crippen molar-refractivity contribution in [3.8, 4) is 0 Å². The topological polar surface area (TPSA) is 58.2 Å². The molecular weight excluding hydrogens is 276 g/mol. The summed E-state index contributed by atoms with van der Waals surface area (Å²) in [6.45, 7) is 2.49. The quantitative estimate of drug-likeness (QED) is 0.793. The maximum Gasteiger partial charge on any atom is 0.224 e. The molecule has 0 heterocycles. The number of benzene rings is 1. The summed E-state index contributed by atoms with van der Waals surface area (Å²) in [4.78, 5) is 23.1. The SMILES string of the molecule is Cc1ccc(NC(=O)CCCNC(=O)C2CC2)c(Cl)c1. The highest BCUT2D eigenvalue weighted by Gasteiger charge is 2.28. The smallest absolute Gasteiger partial charge is 0.224 e. The monoisotopic (exact) mass is 294 g/mol. The Labute approximate surface area is 123 Å². The molecule has 0 aromatic heterocycles. The molecule has 4 nitrogen and oxygen atoms in total. The Kier molecular flexibility index (Phi) is 5.01. The summed E-state index contributed by atoms with van der Waals surface area (Å²) in [6.07, 6.45) is 3.00. The lowest BCUT2D eigenvalue weighted by Crippen LogP contribution is -2.26. The summed E-state index contributed by atoms with van der Waals surface area (Å²) >= 11 is 6.05. The highest BCUT2D eigenvalue weighted by Crippen LogP contribution is 2.28. The van der Waals surface area contributed by atoms with Gasteiger partial charge in [0.05, 0.1) is 10.7 Å². The molecule has 2 rings (SSSR count). The molecule has 0 spiro atoms. The van der Waals surface area contributed by atoms with Crippen molar-refractivity contribution in [3.05, 3.63) is 28.8 Å². The van der Waals surface area contributed by atoms with Crippen LogP contribution in [0.15, 0.2) is 18.2 Å². The molecular formula is C15H19ClN2O2. The lowest BCUT2D eigenvalue weighted by molar-refractivity contribution is -0.122. The van der Waals surface area contributed by atoms with Crippen LogP contribution in [0.2, 0.25) is 5.02 Å². The van der Waals surface area contributed by atoms with Crippen LogP contribution in [0.25, 0.3) is 0 Å². The first kappa shape index (κ1) is 14.9. The van der Waals surface area contributed by atoms with E-state index in [9.17, 15) is 9.59 Å². The summed E-state index contributed by atoms with van der Waals surface area (Å²) in [5, 5.41) is 6.16. The van der Waals surface area contributed by atoms with Gasteiger partial charge in [0.2, 0.25) is 11.8 Å². The van der Waals surface area contributed by atoms with E-state index in [2.05, 4.69) is 10.6 Å². The van der Waals surface area contributed by atoms with Crippen LogP contribution in [0, 0.1) is 12.8 Å². The Morgan fingerprint density at radius 2 is 2.10 bits per heavy atom. The maximum atomic E-state index is 11.8. The molecule has 1 aliphatic carbocycles. The molecule has 1 aromatic carbocycles. The number of rotatable bonds is 6. The average Bonchev–Trinajstić information content (AvgIpc) is 3.22. The Morgan fingerprint density at radius 3 is 2.75 bits per heavy atom. The van der Waals surface area contributed by atoms with Gasteiger partial charge in [-0.25, -0.2) is 0 Å². The summed E-state index contributed by atoms with van der Waals surface area (Å²) in [5.41, 5.74) is 1.68. The first-order valence-electron chi connectivity index (χ1n) is 6.90. The van der Waals surface area contributed by atoms with Crippen molar-refractivity contribution in [1.82, 2.24) is 5.32 Å². The second kappa shape index (κ2) is 6.75. The summed E-state index contributed by atoms with van der Waals surface area (Å²) in [7, 11) is 0. The normalized spacial score (nSPS) is 13.9. The second-order valence-electron chi connectivity index (χ2n) is 5.20. The van der Waals surface area contributed by atoms with Gasteiger partial charge in [-0.15, -0.1) is 0 Å². The molecule has 1 fully saturated rings. The van der Waals surface area contributed by atoms with E-state index in [1.54, 1.807) is 6.07 Å². The summed E-state index contributed by atoms with van der Waals surface area (Å²) < 4.78 is 0. The van der Waals surface area contributed by atoms with Gasteiger partial charge in [0, 0.05) is 18.9 Å². The largest absolute Gasteiger partial charge is 0.356 e. The van der Waals surface area contributed by atoms with Gasteiger partial charge in [0.15, 0.2) is 0 Å². The molecule has 0 saturated heterocycles. The fourth-order valence-corrected chi connectivity index (χ4v) is 2.17. The van der Waals surface area contributed by atoms with Gasteiger partial charge in [0.1, 0.15) is 0 Å². The van der Waals surface area contributed by atoms with Crippen molar-refractivity contribution in [1.29, 1.82) is 0 Å². The van der Waals surface area contributed by atoms with Gasteiger partial charge < -0.3 is 10.6 Å². The van der Waals surface area contributed by atoms with Crippen LogP contribution in [0.4, 0.5) is 5.69 Å². The number of aryl methyl sites for hydroxylation is 1. The van der Waals surface area contributed by atoms with Crippen LogP contribution >= 0.6 is 11.6 Å². The number of amides is 2. The highest BCUT2D eigenvalue weighted by molar-refractivity contribution is 6.33. The predicted octanol–water partition coefficient (Wildman–Crippen LogP) is 2.89. The Hall–Kier alpha value is -1.55. The van der Waals surface area contributed by atoms with Gasteiger partial charge in [-0.1, -0.05) is 17.7 Å². The van der Waals surface area contributed by atoms with Gasteiger partial charge in [-0.3, -0.25) is 9.59 Å². The molecule has 20 heavy (non-hydrogen) atoms. The lowest BCUT2D eigenvalue weighted by Gasteiger charge is -2.08. The molecule has 1 aliphatic rings. The molecule has 0 aliphatic heterocycles. The van der Waals surface area contributed by atoms with Gasteiger partial charge in [0.25, 0.3) is 0 Å². The van der Waals surface area contributed by atoms with E-state index < -0.39 is 0 Å². The zero-order valence-electron chi connectivity index (χ0n) is 11.5. The highest BCUT2D eigenvalue weighted by atomic mass is 35.5. The molecule has 0 bridgehead atoms. The van der Waals surface area contributed by atoms with E-state index in [0.717, 1.165) is 18.4 Å². The minimum atomic E-state index is -0.0866. The lowest BCUT2D eigenvalue weighted by atomic mass is 10.2. The van der Waals surface area contributed by atoms with Crippen LogP contribution in [-0.4, -0.2) is 18.4 Å². The fourth-order valence-electron chi connectivity index (χ4n) is 1.88. The molecule has 2 amide bonds. The summed E-state index contributed by atoms with van der Waals surface area (Å²) in [6, 6.07) is 5.51. The Morgan fingerprint density at radius 1 is 1.35 bits per heavy atom. The third kappa shape index (κ3) is 4.53. The van der Waals surface area contributed by atoms with E-state index in [1.165, 1.54) is 0 Å². The molecule has 0 unspecified atom stereocenters. The van der Waals surface area contributed by atoms with E-state index in [-0.39, 0.29) is 17.7 Å². The first-order chi connectivity index (χ1) is 9.56. The molecule has 5 heteroatoms. The van der Waals surface area contributed by atoms with Crippen molar-refractivity contribution in [3.63, 3.8) is 0 Å². The molecule has 1 aromatic rings. The van der Waals surface area contributed by atoms with Crippen molar-refractivity contribution in [2.24, 2.45) is 5.92 Å². The molecule has 0 radical (unpaired) electrons. The van der Waals surface area contributed by atoms with Crippen LogP contribution in [-0.2, 0) is 9.59 Å². The van der Waals surface area contributed by atoms with Crippen LogP contribution in [0.5, 0.6) is 0 Å². The number of hydrogen-bond donors (Lipinski definition) is 2. The first-order valence-corrected chi connectivity index (χ1v) is 7.28. The van der Waals surface area contributed by atoms with Gasteiger partial charge in [-0.05, 0) is 43.9 Å². The zero-order valence-corrected chi connectivity index (χ0v) is 12.3. The van der Waals surface area contributed by atoms with Crippen molar-refractivity contribution < 1.29 is 9.59 Å². The Balaban J connectivity index is 1.68. The molecule has 108 valence electrons. The maximum absolute atomic E-state index is 11.8. The van der Waals surface area contributed by atoms with Gasteiger partial charge >= 0.3 is 0 Å². The number of nitrogens with one attached hydrogen (secondary N) is 2. The van der Waals surface area contributed by atoms with E-state index in [4.69, 9.17) is 11.6 Å². The molecule has 0 atom stereocenters. The number of halogens is 1. The molecule has 1 saturated carbocycles. The Bertz CT molecular complexity index is 513. The van der Waals surface area contributed by atoms with E-state index in [1.807, 2.05) is 19.1 Å². The number of carbonyl (C=O) groups excluding carboxylic acids is 2. The van der Waals surface area contributed by atoms with Crippen molar-refractivity contribution in [2.75, 3.05) is 11.9 Å². The number of carbonyl (C=O) groups is 2. The van der Waals surface area contributed by atoms with Crippen molar-refractivity contribution in [2.45, 2.75) is 32.6 Å². The fraction of sp³-hybridized carbons (Fsp3) is 0.467. The van der Waals surface area contributed by atoms with Crippen LogP contribution < -0.4 is 10.6 Å². The summed E-state index contributed by atoms with van der Waals surface area (Å²) in [5.74, 6) is 0.249. The number of hydrogen-bond acceptors (Lipinski definition) is 2. The third-order valence-corrected chi connectivity index (χ3v) is 3.54. The predicted molar refractivity (Wildman–Crippen MR) is 79.8 cm³/mol. The van der Waals surface area contributed by atoms with E-state index >= 15 is 0 Å². The number of anilines is 1. The average molecular weight is 295 g/mol. The van der Waals surface area contributed by atoms with Crippen molar-refractivity contribution >= 4 is 29.1 Å². The third-order valence-electron chi connectivity index (χ3n) is 3.23. The van der Waals surface area contributed by atoms with Crippen LogP contribution in [0.3, 0.4) is 0 Å². The van der Waals surface area contributed by atoms with Gasteiger partial charge in [-0.2, -0.15) is 0 Å². The van der Waals surface area contributed by atoms with E-state index in [0.29, 0.717) is 30.1 Å². The standard InChI is InChI=1S/C15H19ClN2O2/c1-10-4-7-13(12(16)9-10)18-14(19)3-2-8-17-15(20)11-5-6-11/h4,7,9,11H,2-3,5-6,8H2,1H3,(H,17,20)(H,18,19). The second-order valence-corrected chi connectivity index (χ2v) is 5.61.